The lowest BCUT2D eigenvalue weighted by Crippen LogP contribution is -2.60. The highest BCUT2D eigenvalue weighted by Gasteiger charge is 2.53. The third-order valence-electron chi connectivity index (χ3n) is 25.2. The third-order valence-corrected chi connectivity index (χ3v) is 27.2. The number of nitro groups is 1. The van der Waals surface area contributed by atoms with Crippen molar-refractivity contribution in [2.75, 3.05) is 75.6 Å². The van der Waals surface area contributed by atoms with Gasteiger partial charge in [0.25, 0.3) is 23.4 Å². The van der Waals surface area contributed by atoms with Crippen LogP contribution in [-0.4, -0.2) is 267 Å². The number of amides is 12. The predicted octanol–water partition coefficient (Wildman–Crippen LogP) is 9.72. The molecule has 0 spiro atoms. The number of carbonyl (C=O) groups is 12. The average molecular weight is 2040 g/mol. The Bertz CT molecular complexity index is 5950. The summed E-state index contributed by atoms with van der Waals surface area (Å²) < 4.78 is 94.9. The number of aromatic nitrogens is 8. The molecule has 4 aromatic heterocycles. The normalized spacial score (nSPS) is 18.0. The number of non-ortho nitro benzene ring substituents is 1. The van der Waals surface area contributed by atoms with E-state index in [1.54, 1.807) is 115 Å². The molecule has 6 aromatic carbocycles. The molecule has 10 aromatic rings. The van der Waals surface area contributed by atoms with Crippen LogP contribution in [0.15, 0.2) is 170 Å². The Balaban J connectivity index is 0.000000171. The van der Waals surface area contributed by atoms with Crippen molar-refractivity contribution in [3.63, 3.8) is 0 Å². The molecule has 5 fully saturated rings. The van der Waals surface area contributed by atoms with Crippen LogP contribution in [-0.2, 0) is 57.5 Å². The number of fused-ring (bicyclic) bond motifs is 1. The summed E-state index contributed by atoms with van der Waals surface area (Å²) in [5, 5.41) is 62.0. The number of carbonyl (C=O) groups excluding carboxylic acids is 12. The van der Waals surface area contributed by atoms with Crippen LogP contribution >= 0.6 is 34.6 Å². The molecule has 0 bridgehead atoms. The first-order valence-electron chi connectivity index (χ1n) is 46.4. The van der Waals surface area contributed by atoms with Gasteiger partial charge in [-0.25, -0.2) is 4.68 Å². The van der Waals surface area contributed by atoms with Gasteiger partial charge in [-0.15, -0.1) is 15.3 Å². The molecule has 1 unspecified atom stereocenters. The number of hydrogen-bond donors (Lipinski definition) is 12. The third kappa shape index (κ3) is 27.2. The lowest BCUT2D eigenvalue weighted by molar-refractivity contribution is -0.384. The summed E-state index contributed by atoms with van der Waals surface area (Å²) in [5.41, 5.74) is 4.73. The number of rotatable bonds is 31. The van der Waals surface area contributed by atoms with Crippen molar-refractivity contribution in [2.45, 2.75) is 196 Å². The summed E-state index contributed by atoms with van der Waals surface area (Å²) in [5.74, 6) is -7.33. The number of alkyl halides is 6. The number of nitro benzene ring substituents is 1. The second kappa shape index (κ2) is 50.1. The number of benzene rings is 6. The van der Waals surface area contributed by atoms with Crippen molar-refractivity contribution >= 4 is 143 Å². The molecule has 4 aliphatic heterocycles. The Labute approximate surface area is 830 Å². The highest BCUT2D eigenvalue weighted by molar-refractivity contribution is 7.11. The van der Waals surface area contributed by atoms with Crippen LogP contribution in [0.5, 0.6) is 0 Å². The van der Waals surface area contributed by atoms with E-state index in [0.717, 1.165) is 92.8 Å². The van der Waals surface area contributed by atoms with Crippen LogP contribution < -0.4 is 63.8 Å². The van der Waals surface area contributed by atoms with Crippen molar-refractivity contribution in [1.82, 2.24) is 101 Å². The van der Waals surface area contributed by atoms with Gasteiger partial charge in [0.15, 0.2) is 0 Å². The zero-order valence-corrected chi connectivity index (χ0v) is 81.7. The Hall–Kier alpha value is -14.1. The molecule has 15 rings (SSSR count). The molecule has 4 saturated heterocycles. The number of nitrogens with one attached hydrogen (secondary N) is 12. The lowest BCUT2D eigenvalue weighted by atomic mass is 9.83. The molecule has 1 saturated carbocycles. The fraction of sp³-hybridized carbons (Fsp3) is 0.421. The summed E-state index contributed by atoms with van der Waals surface area (Å²) in [6, 6.07) is 34.9. The van der Waals surface area contributed by atoms with Gasteiger partial charge >= 0.3 is 12.4 Å². The van der Waals surface area contributed by atoms with Crippen LogP contribution in [0.2, 0.25) is 0 Å². The standard InChI is InChI=1S/C29H30N6O3S.C26H35N7O5.2C20H23F3N6O3S/c1-18(30-2)26(36)31-25(22-15-8-13-19-10-6-7-14-21(19)22)29(38)35-17-9-16-23(35)27(37)32-28-24(33-34-39-28)20-11-4-3-5-12-20;1-17(27-2)24(34)30-23(18-8-4-3-5-9-18)26(36)31-15-7-12-21(31)25(35)29-22-13-14-28-32(22)19-10-6-11-20(16-19)33(37)38;2*1-11(24-2)16(30)25-15(20(21,22)23)19(32)29-10-6-9-13(29)17(31)26-18-14(27-28-33-18)12-7-4-3-5-8-12/h3-8,10-15,18,23,25,30H,9,16-17H2,1-2H3,(H,31,36)(H,32,37);6,10-11,13-14,16-18,21,23,27H,3-5,7-9,12,15H2,1-2H3,(H,29,35)(H,30,34);2*3-5,7-8,11,13,15,24H,6,9-10H2,1-2H3,(H,25,30)(H,26,31)/t18?,23-,25-;17-,21-,23-;11-,13-,15+;11-,13-,15-/m0000/s1. The zero-order chi connectivity index (χ0) is 103. The second-order valence-corrected chi connectivity index (χ2v) is 36.7. The molecule has 12 amide bonds. The largest absolute Gasteiger partial charge is 0.417 e. The van der Waals surface area contributed by atoms with Crippen molar-refractivity contribution < 1.29 is 88.8 Å². The van der Waals surface area contributed by atoms with E-state index in [0.29, 0.717) is 112 Å². The highest BCUT2D eigenvalue weighted by atomic mass is 32.1. The number of anilines is 4. The predicted molar refractivity (Wildman–Crippen MR) is 523 cm³/mol. The maximum Gasteiger partial charge on any atom is 0.417 e. The van der Waals surface area contributed by atoms with Crippen LogP contribution in [0.4, 0.5) is 52.9 Å². The second-order valence-electron chi connectivity index (χ2n) is 34.5. The number of hydrogen-bond acceptors (Lipinski definition) is 28. The van der Waals surface area contributed by atoms with E-state index in [9.17, 15) is 94.0 Å². The molecule has 48 heteroatoms. The number of likely N-dealkylation sites (tertiary alicyclic amines) is 4. The van der Waals surface area contributed by atoms with Crippen LogP contribution in [0.3, 0.4) is 0 Å². The minimum Gasteiger partial charge on any atom is -0.343 e. The molecular formula is C95H111F6N25O14S3. The number of likely N-dealkylation sites (N-methyl/N-ethyl adjacent to an activating group) is 4. The molecule has 0 radical (unpaired) electrons. The lowest BCUT2D eigenvalue weighted by Gasteiger charge is -2.35. The van der Waals surface area contributed by atoms with E-state index in [4.69, 9.17) is 0 Å². The summed E-state index contributed by atoms with van der Waals surface area (Å²) in [4.78, 5) is 172. The molecule has 5 aliphatic rings. The van der Waals surface area contributed by atoms with E-state index in [1.165, 1.54) is 51.0 Å². The van der Waals surface area contributed by atoms with Crippen LogP contribution in [0.1, 0.15) is 123 Å². The first kappa shape index (κ1) is 108. The van der Waals surface area contributed by atoms with Crippen LogP contribution in [0.25, 0.3) is 50.2 Å². The average Bonchev–Trinajstić information content (AvgIpc) is 1.77. The molecule has 12 N–H and O–H groups in total. The molecule has 1 aliphatic carbocycles. The summed E-state index contributed by atoms with van der Waals surface area (Å²) >= 11 is 2.95. The highest BCUT2D eigenvalue weighted by Crippen LogP contribution is 2.38. The molecule has 39 nitrogen and oxygen atoms in total. The summed E-state index contributed by atoms with van der Waals surface area (Å²) in [6.45, 7) is 7.00. The van der Waals surface area contributed by atoms with Crippen molar-refractivity contribution in [3.8, 4) is 39.5 Å². The molecule has 8 heterocycles. The molecule has 760 valence electrons. The Morgan fingerprint density at radius 3 is 1.17 bits per heavy atom. The first-order valence-corrected chi connectivity index (χ1v) is 48.7. The summed E-state index contributed by atoms with van der Waals surface area (Å²) in [6.07, 6.45) is -0.244. The molecular weight excluding hydrogens is 1930 g/mol. The Morgan fingerprint density at radius 2 is 0.769 bits per heavy atom. The van der Waals surface area contributed by atoms with E-state index in [-0.39, 0.29) is 73.0 Å². The fourth-order valence-corrected chi connectivity index (χ4v) is 18.8. The maximum absolute atomic E-state index is 14.1. The van der Waals surface area contributed by atoms with Gasteiger partial charge in [-0.3, -0.25) is 67.6 Å². The molecule has 143 heavy (non-hydrogen) atoms. The minimum absolute atomic E-state index is 0.0314. The van der Waals surface area contributed by atoms with Gasteiger partial charge in [0.2, 0.25) is 65.2 Å². The van der Waals surface area contributed by atoms with Crippen molar-refractivity contribution in [1.29, 1.82) is 0 Å². The van der Waals surface area contributed by atoms with Crippen molar-refractivity contribution in [2.24, 2.45) is 5.92 Å². The van der Waals surface area contributed by atoms with Gasteiger partial charge in [0, 0.05) is 95.7 Å². The van der Waals surface area contributed by atoms with Gasteiger partial charge in [-0.1, -0.05) is 172 Å². The zero-order valence-electron chi connectivity index (χ0n) is 79.2. The minimum atomic E-state index is -5.02. The van der Waals surface area contributed by atoms with Gasteiger partial charge < -0.3 is 83.4 Å². The van der Waals surface area contributed by atoms with Crippen LogP contribution in [0, 0.1) is 16.0 Å². The van der Waals surface area contributed by atoms with E-state index in [2.05, 4.69) is 87.0 Å². The quantitative estimate of drug-likeness (QED) is 0.0109. The summed E-state index contributed by atoms with van der Waals surface area (Å²) in [7, 11) is 6.21. The SMILES string of the molecule is CNC(C)C(=O)N[C@H](C(=O)N1CCC[C@H]1C(=O)Nc1snnc1-c1ccccc1)c1cccc2ccccc12.CN[C@@H](C)C(=O)N[C@@H](C(=O)N1CCC[C@H]1C(=O)Nc1snnc1-c1ccccc1)C(F)(F)F.CN[C@@H](C)C(=O)N[C@H](C(=O)N1CCC[C@H]1C(=O)Nc1ccnn1-c1cccc([N+](=O)[O-])c1)C1CCCCC1.CN[C@@H](C)C(=O)N[C@H](C(=O)N1CCC[C@H]1C(=O)Nc1snnc1-c1ccccc1)C(F)(F)F. The van der Waals surface area contributed by atoms with E-state index < -0.39 is 125 Å². The van der Waals surface area contributed by atoms with Gasteiger partial charge in [0.1, 0.15) is 74.2 Å². The monoisotopic (exact) mass is 2040 g/mol. The van der Waals surface area contributed by atoms with Gasteiger partial charge in [-0.05, 0) is 148 Å². The van der Waals surface area contributed by atoms with Gasteiger partial charge in [-0.2, -0.15) is 31.4 Å². The van der Waals surface area contributed by atoms with Crippen molar-refractivity contribution in [3.05, 3.63) is 186 Å². The van der Waals surface area contributed by atoms with E-state index in [1.807, 2.05) is 84.9 Å². The number of halogens is 6. The fourth-order valence-electron chi connectivity index (χ4n) is 17.0. The maximum atomic E-state index is 14.1. The first-order chi connectivity index (χ1) is 68.5. The Kier molecular flexibility index (Phi) is 37.7. The van der Waals surface area contributed by atoms with Gasteiger partial charge in [0.05, 0.1) is 41.0 Å². The smallest absolute Gasteiger partial charge is 0.343 e. The number of nitrogens with zero attached hydrogens (tertiary/aromatic N) is 13. The topological polar surface area (TPSA) is 500 Å². The molecule has 12 atom stereocenters. The van der Waals surface area contributed by atoms with E-state index >= 15 is 0 Å². The Morgan fingerprint density at radius 1 is 0.406 bits per heavy atom.